The fourth-order valence-electron chi connectivity index (χ4n) is 1.75. The van der Waals surface area contributed by atoms with Gasteiger partial charge in [-0.15, -0.1) is 0 Å². The SMILES string of the molecule is COCCOc1cc([N+](=O)[O-])c(C(=O)N[C@@H](C)CN)cc1OC. The summed E-state index contributed by atoms with van der Waals surface area (Å²) in [6.45, 7) is 2.42. The fraction of sp³-hybridized carbons (Fsp3) is 0.500. The number of nitro benzene ring substituents is 1. The van der Waals surface area contributed by atoms with E-state index in [0.717, 1.165) is 6.07 Å². The van der Waals surface area contributed by atoms with Crippen LogP contribution in [-0.2, 0) is 4.74 Å². The van der Waals surface area contributed by atoms with E-state index < -0.39 is 10.8 Å². The molecular formula is C14H21N3O6. The molecule has 0 heterocycles. The summed E-state index contributed by atoms with van der Waals surface area (Å²) in [5, 5.41) is 13.8. The van der Waals surface area contributed by atoms with Gasteiger partial charge in [0.2, 0.25) is 0 Å². The van der Waals surface area contributed by atoms with Crippen LogP contribution in [0.25, 0.3) is 0 Å². The molecule has 3 N–H and O–H groups in total. The van der Waals surface area contributed by atoms with E-state index in [1.54, 1.807) is 6.92 Å². The molecule has 0 saturated heterocycles. The molecule has 0 aromatic heterocycles. The number of nitro groups is 1. The van der Waals surface area contributed by atoms with Crippen molar-refractivity contribution in [3.63, 3.8) is 0 Å². The van der Waals surface area contributed by atoms with E-state index in [4.69, 9.17) is 19.9 Å². The maximum atomic E-state index is 12.2. The molecular weight excluding hydrogens is 306 g/mol. The Morgan fingerprint density at radius 3 is 2.57 bits per heavy atom. The Balaban J connectivity index is 3.19. The van der Waals surface area contributed by atoms with Gasteiger partial charge >= 0.3 is 0 Å². The molecule has 1 aromatic carbocycles. The lowest BCUT2D eigenvalue weighted by Gasteiger charge is -2.14. The molecule has 1 aromatic rings. The third kappa shape index (κ3) is 5.08. The van der Waals surface area contributed by atoms with Crippen LogP contribution in [0.3, 0.4) is 0 Å². The van der Waals surface area contributed by atoms with E-state index in [-0.39, 0.29) is 41.9 Å². The number of ether oxygens (including phenoxy) is 3. The quantitative estimate of drug-likeness (QED) is 0.388. The predicted octanol–water partition coefficient (Wildman–Crippen LogP) is 0.706. The van der Waals surface area contributed by atoms with Crippen molar-refractivity contribution in [2.75, 3.05) is 34.0 Å². The first kappa shape index (κ1) is 18.7. The van der Waals surface area contributed by atoms with Crippen molar-refractivity contribution in [1.29, 1.82) is 0 Å². The number of carbonyl (C=O) groups excluding carboxylic acids is 1. The first-order chi connectivity index (χ1) is 10.9. The Labute approximate surface area is 133 Å². The number of benzene rings is 1. The smallest absolute Gasteiger partial charge is 0.286 e. The van der Waals surface area contributed by atoms with E-state index in [9.17, 15) is 14.9 Å². The van der Waals surface area contributed by atoms with E-state index in [1.807, 2.05) is 0 Å². The number of nitrogens with one attached hydrogen (secondary N) is 1. The van der Waals surface area contributed by atoms with Gasteiger partial charge in [0.1, 0.15) is 12.2 Å². The second kappa shape index (κ2) is 8.91. The molecule has 23 heavy (non-hydrogen) atoms. The molecule has 0 unspecified atom stereocenters. The van der Waals surface area contributed by atoms with Crippen LogP contribution in [0.15, 0.2) is 12.1 Å². The summed E-state index contributed by atoms with van der Waals surface area (Å²) in [6, 6.07) is 2.13. The van der Waals surface area contributed by atoms with E-state index >= 15 is 0 Å². The number of hydrogen-bond acceptors (Lipinski definition) is 7. The molecule has 9 heteroatoms. The summed E-state index contributed by atoms with van der Waals surface area (Å²) in [5.74, 6) is -0.215. The van der Waals surface area contributed by atoms with E-state index in [2.05, 4.69) is 5.32 Å². The van der Waals surface area contributed by atoms with Gasteiger partial charge in [0.15, 0.2) is 11.5 Å². The first-order valence-corrected chi connectivity index (χ1v) is 6.93. The predicted molar refractivity (Wildman–Crippen MR) is 83.0 cm³/mol. The highest BCUT2D eigenvalue weighted by Crippen LogP contribution is 2.34. The van der Waals surface area contributed by atoms with Gasteiger partial charge in [-0.1, -0.05) is 0 Å². The van der Waals surface area contributed by atoms with Crippen LogP contribution in [0, 0.1) is 10.1 Å². The van der Waals surface area contributed by atoms with Crippen LogP contribution in [0.1, 0.15) is 17.3 Å². The monoisotopic (exact) mass is 327 g/mol. The summed E-state index contributed by atoms with van der Waals surface area (Å²) >= 11 is 0. The van der Waals surface area contributed by atoms with Gasteiger partial charge < -0.3 is 25.3 Å². The standard InChI is InChI=1S/C14H21N3O6/c1-9(8-15)16-14(18)10-6-12(22-3)13(23-5-4-21-2)7-11(10)17(19)20/h6-7,9H,4-5,8,15H2,1-3H3,(H,16,18)/t9-/m0/s1. The summed E-state index contributed by atoms with van der Waals surface area (Å²) in [5.41, 5.74) is 4.95. The average Bonchev–Trinajstić information content (AvgIpc) is 2.54. The first-order valence-electron chi connectivity index (χ1n) is 6.93. The van der Waals surface area contributed by atoms with E-state index in [0.29, 0.717) is 6.61 Å². The van der Waals surface area contributed by atoms with Crippen molar-refractivity contribution in [1.82, 2.24) is 5.32 Å². The number of nitrogens with two attached hydrogens (primary N) is 1. The molecule has 1 rings (SSSR count). The average molecular weight is 327 g/mol. The number of rotatable bonds is 9. The molecule has 1 amide bonds. The number of hydrogen-bond donors (Lipinski definition) is 2. The molecule has 0 aliphatic carbocycles. The Hall–Kier alpha value is -2.39. The molecule has 0 fully saturated rings. The zero-order valence-electron chi connectivity index (χ0n) is 13.3. The molecule has 0 saturated carbocycles. The highest BCUT2D eigenvalue weighted by Gasteiger charge is 2.25. The van der Waals surface area contributed by atoms with Crippen LogP contribution in [0.2, 0.25) is 0 Å². The van der Waals surface area contributed by atoms with Crippen molar-refractivity contribution < 1.29 is 23.9 Å². The van der Waals surface area contributed by atoms with Gasteiger partial charge in [-0.2, -0.15) is 0 Å². The molecule has 0 aliphatic rings. The Morgan fingerprint density at radius 2 is 2.04 bits per heavy atom. The molecule has 0 spiro atoms. The molecule has 128 valence electrons. The summed E-state index contributed by atoms with van der Waals surface area (Å²) in [4.78, 5) is 22.8. The van der Waals surface area contributed by atoms with Gasteiger partial charge in [0.05, 0.1) is 24.7 Å². The maximum Gasteiger partial charge on any atom is 0.286 e. The number of nitrogens with zero attached hydrogens (tertiary/aromatic N) is 1. The third-order valence-electron chi connectivity index (χ3n) is 3.00. The maximum absolute atomic E-state index is 12.2. The Kier molecular flexibility index (Phi) is 7.23. The van der Waals surface area contributed by atoms with Crippen LogP contribution >= 0.6 is 0 Å². The minimum Gasteiger partial charge on any atom is -0.493 e. The number of carbonyl (C=O) groups is 1. The van der Waals surface area contributed by atoms with E-state index in [1.165, 1.54) is 20.3 Å². The second-order valence-electron chi connectivity index (χ2n) is 4.73. The van der Waals surface area contributed by atoms with Gasteiger partial charge in [-0.25, -0.2) is 0 Å². The normalized spacial score (nSPS) is 11.7. The fourth-order valence-corrected chi connectivity index (χ4v) is 1.75. The van der Waals surface area contributed by atoms with Crippen LogP contribution in [0.5, 0.6) is 11.5 Å². The van der Waals surface area contributed by atoms with Crippen molar-refractivity contribution in [2.45, 2.75) is 13.0 Å². The lowest BCUT2D eigenvalue weighted by molar-refractivity contribution is -0.385. The second-order valence-corrected chi connectivity index (χ2v) is 4.73. The Morgan fingerprint density at radius 1 is 1.35 bits per heavy atom. The summed E-state index contributed by atoms with van der Waals surface area (Å²) in [6.07, 6.45) is 0. The minimum absolute atomic E-state index is 0.119. The largest absolute Gasteiger partial charge is 0.493 e. The van der Waals surface area contributed by atoms with Crippen molar-refractivity contribution >= 4 is 11.6 Å². The lowest BCUT2D eigenvalue weighted by atomic mass is 10.1. The Bertz CT molecular complexity index is 564. The number of methoxy groups -OCH3 is 2. The van der Waals surface area contributed by atoms with Crippen molar-refractivity contribution in [2.24, 2.45) is 5.73 Å². The molecule has 1 atom stereocenters. The molecule has 0 aliphatic heterocycles. The highest BCUT2D eigenvalue weighted by molar-refractivity contribution is 5.99. The summed E-state index contributed by atoms with van der Waals surface area (Å²) < 4.78 is 15.4. The summed E-state index contributed by atoms with van der Waals surface area (Å²) in [7, 11) is 2.89. The van der Waals surface area contributed by atoms with Gasteiger partial charge in [-0.3, -0.25) is 14.9 Å². The van der Waals surface area contributed by atoms with Crippen LogP contribution in [0.4, 0.5) is 5.69 Å². The molecule has 9 nitrogen and oxygen atoms in total. The lowest BCUT2D eigenvalue weighted by Crippen LogP contribution is -2.38. The van der Waals surface area contributed by atoms with Gasteiger partial charge in [0.25, 0.3) is 11.6 Å². The third-order valence-corrected chi connectivity index (χ3v) is 3.00. The molecule has 0 radical (unpaired) electrons. The number of amides is 1. The van der Waals surface area contributed by atoms with Crippen molar-refractivity contribution in [3.05, 3.63) is 27.8 Å². The topological polar surface area (TPSA) is 126 Å². The van der Waals surface area contributed by atoms with Crippen LogP contribution in [-0.4, -0.2) is 50.9 Å². The zero-order chi connectivity index (χ0) is 17.4. The minimum atomic E-state index is -0.648. The van der Waals surface area contributed by atoms with Crippen LogP contribution < -0.4 is 20.5 Å². The molecule has 0 bridgehead atoms. The van der Waals surface area contributed by atoms with Crippen molar-refractivity contribution in [3.8, 4) is 11.5 Å². The van der Waals surface area contributed by atoms with Gasteiger partial charge in [-0.05, 0) is 6.92 Å². The zero-order valence-corrected chi connectivity index (χ0v) is 13.3. The highest BCUT2D eigenvalue weighted by atomic mass is 16.6. The van der Waals surface area contributed by atoms with Gasteiger partial charge in [0, 0.05) is 25.8 Å².